The smallest absolute Gasteiger partial charge is 0.162 e. The molecule has 2 atom stereocenters. The summed E-state index contributed by atoms with van der Waals surface area (Å²) in [6, 6.07) is 7.93. The molecule has 2 rings (SSSR count). The van der Waals surface area contributed by atoms with Crippen molar-refractivity contribution in [2.75, 3.05) is 6.61 Å². The summed E-state index contributed by atoms with van der Waals surface area (Å²) < 4.78 is 5.54. The highest BCUT2D eigenvalue weighted by Crippen LogP contribution is 2.32. The number of ether oxygens (including phenoxy) is 1. The predicted octanol–water partition coefficient (Wildman–Crippen LogP) is 3.55. The molecule has 1 aromatic rings. The molecule has 1 saturated heterocycles. The zero-order valence-electron chi connectivity index (χ0n) is 10.3. The molecule has 17 heavy (non-hydrogen) atoms. The fourth-order valence-corrected chi connectivity index (χ4v) is 3.09. The molecule has 92 valence electrons. The lowest BCUT2D eigenvalue weighted by Crippen LogP contribution is -2.12. The van der Waals surface area contributed by atoms with E-state index >= 15 is 0 Å². The topological polar surface area (TPSA) is 26.3 Å². The summed E-state index contributed by atoms with van der Waals surface area (Å²) in [5, 5.41) is 0.544. The Morgan fingerprint density at radius 2 is 2.12 bits per heavy atom. The van der Waals surface area contributed by atoms with E-state index in [9.17, 15) is 4.79 Å². The van der Waals surface area contributed by atoms with Crippen molar-refractivity contribution in [1.82, 2.24) is 0 Å². The van der Waals surface area contributed by atoms with Gasteiger partial charge in [-0.15, -0.1) is 11.8 Å². The Labute approximate surface area is 107 Å². The molecule has 0 N–H and O–H groups in total. The summed E-state index contributed by atoms with van der Waals surface area (Å²) in [5.74, 6) is 0.208. The van der Waals surface area contributed by atoms with Gasteiger partial charge < -0.3 is 4.74 Å². The Morgan fingerprint density at radius 3 is 2.65 bits per heavy atom. The van der Waals surface area contributed by atoms with Crippen LogP contribution in [0, 0.1) is 0 Å². The van der Waals surface area contributed by atoms with Gasteiger partial charge in [0.15, 0.2) is 5.78 Å². The molecule has 1 heterocycles. The van der Waals surface area contributed by atoms with Crippen LogP contribution in [0.3, 0.4) is 0 Å². The monoisotopic (exact) mass is 250 g/mol. The highest BCUT2D eigenvalue weighted by atomic mass is 32.2. The van der Waals surface area contributed by atoms with Gasteiger partial charge in [0.05, 0.1) is 6.10 Å². The van der Waals surface area contributed by atoms with Crippen LogP contribution in [0.2, 0.25) is 0 Å². The van der Waals surface area contributed by atoms with Crippen LogP contribution in [0.25, 0.3) is 0 Å². The van der Waals surface area contributed by atoms with Crippen LogP contribution in [-0.2, 0) is 4.74 Å². The SMILES string of the molecule is CCC(=O)c1ccc(SC2CCOC2C)cc1. The third kappa shape index (κ3) is 3.11. The molecule has 2 unspecified atom stereocenters. The van der Waals surface area contributed by atoms with Crippen molar-refractivity contribution in [2.24, 2.45) is 0 Å². The first-order valence-electron chi connectivity index (χ1n) is 6.12. The Hall–Kier alpha value is -0.800. The molecule has 0 aromatic heterocycles. The van der Waals surface area contributed by atoms with Crippen LogP contribution in [0.4, 0.5) is 0 Å². The lowest BCUT2D eigenvalue weighted by atomic mass is 10.1. The molecule has 0 bridgehead atoms. The van der Waals surface area contributed by atoms with E-state index in [0.29, 0.717) is 17.8 Å². The van der Waals surface area contributed by atoms with Crippen LogP contribution in [0.15, 0.2) is 29.2 Å². The highest BCUT2D eigenvalue weighted by Gasteiger charge is 2.24. The second-order valence-electron chi connectivity index (χ2n) is 4.32. The predicted molar refractivity (Wildman–Crippen MR) is 70.7 cm³/mol. The van der Waals surface area contributed by atoms with Crippen molar-refractivity contribution in [2.45, 2.75) is 42.9 Å². The van der Waals surface area contributed by atoms with E-state index in [1.54, 1.807) is 0 Å². The summed E-state index contributed by atoms with van der Waals surface area (Å²) in [6.07, 6.45) is 2.01. The zero-order valence-corrected chi connectivity index (χ0v) is 11.1. The third-order valence-electron chi connectivity index (χ3n) is 3.09. The van der Waals surface area contributed by atoms with Gasteiger partial charge >= 0.3 is 0 Å². The third-order valence-corrected chi connectivity index (χ3v) is 4.56. The Kier molecular flexibility index (Phi) is 4.24. The standard InChI is InChI=1S/C14H18O2S/c1-3-13(15)11-4-6-12(7-5-11)17-14-8-9-16-10(14)2/h4-7,10,14H,3,8-9H2,1-2H3. The number of hydrogen-bond donors (Lipinski definition) is 0. The number of ketones is 1. The molecule has 0 spiro atoms. The molecule has 0 amide bonds. The maximum Gasteiger partial charge on any atom is 0.162 e. The second-order valence-corrected chi connectivity index (χ2v) is 5.63. The van der Waals surface area contributed by atoms with Gasteiger partial charge in [-0.3, -0.25) is 4.79 Å². The number of carbonyl (C=O) groups is 1. The average molecular weight is 250 g/mol. The molecule has 0 saturated carbocycles. The Morgan fingerprint density at radius 1 is 1.41 bits per heavy atom. The van der Waals surface area contributed by atoms with E-state index in [1.165, 1.54) is 4.90 Å². The van der Waals surface area contributed by atoms with E-state index in [4.69, 9.17) is 4.74 Å². The van der Waals surface area contributed by atoms with Crippen molar-refractivity contribution in [3.8, 4) is 0 Å². The van der Waals surface area contributed by atoms with E-state index in [1.807, 2.05) is 43.0 Å². The van der Waals surface area contributed by atoms with Crippen LogP contribution in [-0.4, -0.2) is 23.7 Å². The number of benzene rings is 1. The van der Waals surface area contributed by atoms with Gasteiger partial charge in [-0.25, -0.2) is 0 Å². The van der Waals surface area contributed by atoms with Gasteiger partial charge in [0.2, 0.25) is 0 Å². The van der Waals surface area contributed by atoms with Crippen LogP contribution < -0.4 is 0 Å². The van der Waals surface area contributed by atoms with Gasteiger partial charge in [0.1, 0.15) is 0 Å². The summed E-state index contributed by atoms with van der Waals surface area (Å²) in [6.45, 7) is 4.88. The summed E-state index contributed by atoms with van der Waals surface area (Å²) in [7, 11) is 0. The van der Waals surface area contributed by atoms with Crippen molar-refractivity contribution < 1.29 is 9.53 Å². The maximum absolute atomic E-state index is 11.5. The van der Waals surface area contributed by atoms with Crippen molar-refractivity contribution >= 4 is 17.5 Å². The van der Waals surface area contributed by atoms with Gasteiger partial charge in [0.25, 0.3) is 0 Å². The molecule has 0 radical (unpaired) electrons. The molecule has 3 heteroatoms. The molecule has 0 aliphatic carbocycles. The Balaban J connectivity index is 2.00. The average Bonchev–Trinajstić information content (AvgIpc) is 2.75. The lowest BCUT2D eigenvalue weighted by molar-refractivity contribution is 0.0988. The Bertz CT molecular complexity index is 386. The molecule has 1 aliphatic heterocycles. The minimum atomic E-state index is 0.208. The normalized spacial score (nSPS) is 23.9. The molecular formula is C14H18O2S. The van der Waals surface area contributed by atoms with E-state index in [0.717, 1.165) is 18.6 Å². The maximum atomic E-state index is 11.5. The first-order valence-corrected chi connectivity index (χ1v) is 7.00. The van der Waals surface area contributed by atoms with Crippen LogP contribution in [0.1, 0.15) is 37.0 Å². The molecular weight excluding hydrogens is 232 g/mol. The van der Waals surface area contributed by atoms with Crippen molar-refractivity contribution in [3.63, 3.8) is 0 Å². The van der Waals surface area contributed by atoms with Gasteiger partial charge in [-0.1, -0.05) is 19.1 Å². The summed E-state index contributed by atoms with van der Waals surface area (Å²) >= 11 is 1.85. The summed E-state index contributed by atoms with van der Waals surface area (Å²) in [5.41, 5.74) is 0.813. The van der Waals surface area contributed by atoms with Gasteiger partial charge in [0, 0.05) is 28.7 Å². The number of Topliss-reactive ketones (excluding diaryl/α,β-unsaturated/α-hetero) is 1. The van der Waals surface area contributed by atoms with Gasteiger partial charge in [-0.2, -0.15) is 0 Å². The molecule has 1 aliphatic rings. The van der Waals surface area contributed by atoms with E-state index in [2.05, 4.69) is 6.92 Å². The van der Waals surface area contributed by atoms with Crippen molar-refractivity contribution in [1.29, 1.82) is 0 Å². The largest absolute Gasteiger partial charge is 0.377 e. The fraction of sp³-hybridized carbons (Fsp3) is 0.500. The second kappa shape index (κ2) is 5.69. The zero-order chi connectivity index (χ0) is 12.3. The van der Waals surface area contributed by atoms with Gasteiger partial charge in [-0.05, 0) is 25.5 Å². The number of hydrogen-bond acceptors (Lipinski definition) is 3. The first kappa shape index (κ1) is 12.7. The quantitative estimate of drug-likeness (QED) is 0.764. The van der Waals surface area contributed by atoms with Crippen LogP contribution in [0.5, 0.6) is 0 Å². The molecule has 2 nitrogen and oxygen atoms in total. The summed E-state index contributed by atoms with van der Waals surface area (Å²) in [4.78, 5) is 12.7. The first-order chi connectivity index (χ1) is 8.20. The van der Waals surface area contributed by atoms with E-state index in [-0.39, 0.29) is 5.78 Å². The number of carbonyl (C=O) groups excluding carboxylic acids is 1. The number of rotatable bonds is 4. The minimum Gasteiger partial charge on any atom is -0.377 e. The highest BCUT2D eigenvalue weighted by molar-refractivity contribution is 8.00. The number of thioether (sulfide) groups is 1. The lowest BCUT2D eigenvalue weighted by Gasteiger charge is -2.13. The molecule has 1 fully saturated rings. The van der Waals surface area contributed by atoms with Crippen LogP contribution >= 0.6 is 11.8 Å². The fourth-order valence-electron chi connectivity index (χ4n) is 1.97. The van der Waals surface area contributed by atoms with E-state index < -0.39 is 0 Å². The molecule has 1 aromatic carbocycles. The minimum absolute atomic E-state index is 0.208. The van der Waals surface area contributed by atoms with Crippen molar-refractivity contribution in [3.05, 3.63) is 29.8 Å².